The highest BCUT2D eigenvalue weighted by molar-refractivity contribution is 5.99. The van der Waals surface area contributed by atoms with Gasteiger partial charge in [0.1, 0.15) is 42.3 Å². The summed E-state index contributed by atoms with van der Waals surface area (Å²) in [6, 6.07) is 13.6. The molecule has 3 aromatic carbocycles. The van der Waals surface area contributed by atoms with Crippen molar-refractivity contribution < 1.29 is 47.9 Å². The molecule has 434 valence electrons. The smallest absolute Gasteiger partial charge is 0.247 e. The Kier molecular flexibility index (Phi) is 23.3. The molecule has 0 saturated carbocycles. The normalized spacial score (nSPS) is 22.9. The van der Waals surface area contributed by atoms with Crippen molar-refractivity contribution in [2.75, 3.05) is 32.8 Å². The third kappa shape index (κ3) is 19.3. The fourth-order valence-corrected chi connectivity index (χ4v) is 9.16. The molecule has 27 heteroatoms. The molecule has 0 bridgehead atoms. The van der Waals surface area contributed by atoms with E-state index in [1.807, 2.05) is 24.3 Å². The number of primary amides is 1. The van der Waals surface area contributed by atoms with Crippen molar-refractivity contribution in [1.82, 2.24) is 63.5 Å². The Morgan fingerprint density at radius 2 is 1.22 bits per heavy atom. The van der Waals surface area contributed by atoms with Crippen molar-refractivity contribution in [3.05, 3.63) is 108 Å². The summed E-state index contributed by atoms with van der Waals surface area (Å²) in [7, 11) is 0. The van der Waals surface area contributed by atoms with Crippen LogP contribution in [-0.4, -0.2) is 145 Å². The van der Waals surface area contributed by atoms with Gasteiger partial charge in [0.2, 0.25) is 53.2 Å². The standard InChI is InChI=1S/C54H73N17O10/c55-45(73)36-19-9-10-22-60-43(72)26-40(68-50(78)41-28-64-37(46(74)69-41)20-11-23-61-53(56)57)49(77)70-42(30-81-29-31-13-3-1-4-14-31)51(79)71-44(32-15-5-2-6-16-32)52(80)66-38(21-12-24-62-54(58)59)47(75)67-39(48(76)65-36)25-33-27-63-35-18-8-7-17-34(33)35/h1-8,13-18,27,36-42,44,63-64H,9-12,19-26,28-30H2,(H2,55,73)(H,60,72)(H,65,76)(H,66,80)(H,67,75)(H,68,78)(H,69,74)(H,70,77)(H,71,79)(H4,56,57,61)(H4,58,59,62)/t36-,37-,38-,39-,40-,41+,42-,44?/m0/s1. The fourth-order valence-electron chi connectivity index (χ4n) is 9.16. The van der Waals surface area contributed by atoms with Crippen LogP contribution in [0.5, 0.6) is 0 Å². The van der Waals surface area contributed by atoms with Crippen LogP contribution in [0.2, 0.25) is 0 Å². The zero-order chi connectivity index (χ0) is 58.3. The Morgan fingerprint density at radius 3 is 1.90 bits per heavy atom. The molecule has 0 radical (unpaired) electrons. The maximum absolute atomic E-state index is 14.8. The lowest BCUT2D eigenvalue weighted by atomic mass is 10.0. The van der Waals surface area contributed by atoms with Crippen LogP contribution in [0.15, 0.2) is 91.1 Å². The molecule has 6 rings (SSSR count). The van der Waals surface area contributed by atoms with Crippen molar-refractivity contribution in [3.63, 3.8) is 0 Å². The second kappa shape index (κ2) is 30.9. The first-order chi connectivity index (χ1) is 38.9. The number of nitrogens with one attached hydrogen (secondary N) is 14. The van der Waals surface area contributed by atoms with E-state index in [0.29, 0.717) is 30.5 Å². The van der Waals surface area contributed by atoms with Gasteiger partial charge in [-0.2, -0.15) is 0 Å². The molecule has 8 atom stereocenters. The van der Waals surface area contributed by atoms with Gasteiger partial charge in [-0.15, -0.1) is 0 Å². The Labute approximate surface area is 467 Å². The number of H-pyrrole nitrogens is 1. The van der Waals surface area contributed by atoms with Gasteiger partial charge in [-0.3, -0.25) is 54.0 Å². The summed E-state index contributed by atoms with van der Waals surface area (Å²) in [5, 5.41) is 45.5. The molecule has 2 saturated heterocycles. The largest absolute Gasteiger partial charge is 0.374 e. The summed E-state index contributed by atoms with van der Waals surface area (Å²) in [4.78, 5) is 130. The SMILES string of the molecule is N=C(N)NCCC[C@@H]1NC[C@H](C(=O)N[C@H]2CC(=O)NCCCC[C@@H](C(N)=O)NC(=O)[C@H](Cc3c[nH]c4ccccc34)NC(=O)[C@H](CCCNC(=N)N)NC(=O)C(c3ccccc3)NC(=O)[C@H](COCc3ccccc3)NC2=O)NC1=O. The molecule has 9 amide bonds. The summed E-state index contributed by atoms with van der Waals surface area (Å²) >= 11 is 0. The Bertz CT molecular complexity index is 2850. The van der Waals surface area contributed by atoms with Crippen LogP contribution in [0.25, 0.3) is 10.9 Å². The van der Waals surface area contributed by atoms with Crippen LogP contribution >= 0.6 is 0 Å². The molecule has 2 fully saturated rings. The van der Waals surface area contributed by atoms with Crippen LogP contribution < -0.4 is 75.7 Å². The van der Waals surface area contributed by atoms with Crippen molar-refractivity contribution in [2.45, 2.75) is 113 Å². The average molecular weight is 1120 g/mol. The topological polar surface area (TPSA) is 437 Å². The molecular formula is C54H73N17O10. The van der Waals surface area contributed by atoms with Crippen LogP contribution in [0.1, 0.15) is 74.1 Å². The number of fused-ring (bicyclic) bond motifs is 1. The third-order valence-corrected chi connectivity index (χ3v) is 13.5. The second-order valence-corrected chi connectivity index (χ2v) is 19.7. The van der Waals surface area contributed by atoms with E-state index in [1.54, 1.807) is 66.9 Å². The van der Waals surface area contributed by atoms with Gasteiger partial charge >= 0.3 is 0 Å². The highest BCUT2D eigenvalue weighted by atomic mass is 16.5. The van der Waals surface area contributed by atoms with Gasteiger partial charge in [0, 0.05) is 49.7 Å². The number of hydrogen-bond acceptors (Lipinski definition) is 13. The number of ether oxygens (including phenoxy) is 1. The second-order valence-electron chi connectivity index (χ2n) is 19.7. The Morgan fingerprint density at radius 1 is 0.630 bits per heavy atom. The third-order valence-electron chi connectivity index (χ3n) is 13.5. The Balaban J connectivity index is 1.33. The number of hydrogen-bond donors (Lipinski definition) is 17. The quantitative estimate of drug-likeness (QED) is 0.0275. The molecule has 2 aliphatic rings. The van der Waals surface area contributed by atoms with Crippen molar-refractivity contribution in [1.29, 1.82) is 10.8 Å². The minimum absolute atomic E-state index is 0.00923. The number of para-hydroxylation sites is 1. The van der Waals surface area contributed by atoms with E-state index in [-0.39, 0.29) is 82.2 Å². The molecule has 2 aliphatic heterocycles. The van der Waals surface area contributed by atoms with E-state index >= 15 is 0 Å². The lowest BCUT2D eigenvalue weighted by molar-refractivity contribution is -0.137. The minimum Gasteiger partial charge on any atom is -0.374 e. The van der Waals surface area contributed by atoms with Crippen LogP contribution in [0.4, 0.5) is 0 Å². The van der Waals surface area contributed by atoms with E-state index in [4.69, 9.17) is 32.8 Å². The maximum Gasteiger partial charge on any atom is 0.247 e. The molecule has 4 aromatic rings. The number of rotatable bonds is 18. The molecule has 1 aromatic heterocycles. The number of amides is 9. The number of aromatic nitrogens is 1. The molecule has 3 heterocycles. The zero-order valence-corrected chi connectivity index (χ0v) is 44.7. The maximum atomic E-state index is 14.8. The number of carbonyl (C=O) groups excluding carboxylic acids is 9. The van der Waals surface area contributed by atoms with Crippen LogP contribution in [0.3, 0.4) is 0 Å². The zero-order valence-electron chi connectivity index (χ0n) is 44.7. The fraction of sp³-hybridized carbons (Fsp3) is 0.426. The van der Waals surface area contributed by atoms with Gasteiger partial charge in [0.25, 0.3) is 0 Å². The number of benzene rings is 3. The highest BCUT2D eigenvalue weighted by Gasteiger charge is 2.37. The first-order valence-corrected chi connectivity index (χ1v) is 26.7. The van der Waals surface area contributed by atoms with Crippen molar-refractivity contribution in [2.24, 2.45) is 17.2 Å². The molecular weight excluding hydrogens is 1050 g/mol. The van der Waals surface area contributed by atoms with E-state index in [2.05, 4.69) is 63.5 Å². The monoisotopic (exact) mass is 1120 g/mol. The molecule has 81 heavy (non-hydrogen) atoms. The number of piperazine rings is 1. The summed E-state index contributed by atoms with van der Waals surface area (Å²) in [6.07, 6.45) is 2.35. The number of carbonyl (C=O) groups is 9. The van der Waals surface area contributed by atoms with E-state index in [9.17, 15) is 43.2 Å². The molecule has 0 aliphatic carbocycles. The van der Waals surface area contributed by atoms with Gasteiger partial charge in [-0.1, -0.05) is 78.9 Å². The number of guanidine groups is 2. The predicted octanol–water partition coefficient (Wildman–Crippen LogP) is -2.63. The number of aromatic amines is 1. The van der Waals surface area contributed by atoms with E-state index in [0.717, 1.165) is 10.9 Å². The predicted molar refractivity (Wildman–Crippen MR) is 298 cm³/mol. The first-order valence-electron chi connectivity index (χ1n) is 26.7. The van der Waals surface area contributed by atoms with Crippen LogP contribution in [0, 0.1) is 10.8 Å². The lowest BCUT2D eigenvalue weighted by Gasteiger charge is -2.31. The van der Waals surface area contributed by atoms with E-state index < -0.39 is 115 Å². The van der Waals surface area contributed by atoms with Gasteiger partial charge in [0.05, 0.1) is 25.7 Å². The number of nitrogens with two attached hydrogens (primary N) is 3. The average Bonchev–Trinajstić information content (AvgIpc) is 3.86. The van der Waals surface area contributed by atoms with Crippen molar-refractivity contribution in [3.8, 4) is 0 Å². The molecule has 20 N–H and O–H groups in total. The van der Waals surface area contributed by atoms with Gasteiger partial charge in [-0.25, -0.2) is 0 Å². The van der Waals surface area contributed by atoms with Gasteiger partial charge < -0.3 is 85.4 Å². The summed E-state index contributed by atoms with van der Waals surface area (Å²) in [5.74, 6) is -7.91. The molecule has 1 unspecified atom stereocenters. The lowest BCUT2D eigenvalue weighted by Crippen LogP contribution is -2.65. The summed E-state index contributed by atoms with van der Waals surface area (Å²) in [6.45, 7) is -0.122. The van der Waals surface area contributed by atoms with Gasteiger partial charge in [-0.05, 0) is 67.7 Å². The van der Waals surface area contributed by atoms with Crippen LogP contribution in [-0.2, 0) is 60.9 Å². The molecule has 0 spiro atoms. The Hall–Kier alpha value is -9.11. The highest BCUT2D eigenvalue weighted by Crippen LogP contribution is 2.21. The summed E-state index contributed by atoms with van der Waals surface area (Å²) < 4.78 is 5.98. The summed E-state index contributed by atoms with van der Waals surface area (Å²) in [5.41, 5.74) is 19.1. The van der Waals surface area contributed by atoms with Crippen molar-refractivity contribution >= 4 is 76.0 Å². The first kappa shape index (κ1) is 61.1. The van der Waals surface area contributed by atoms with E-state index in [1.165, 1.54) is 0 Å². The van der Waals surface area contributed by atoms with Gasteiger partial charge in [0.15, 0.2) is 11.9 Å². The molecule has 27 nitrogen and oxygen atoms in total. The minimum atomic E-state index is -1.66.